The van der Waals surface area contributed by atoms with Crippen molar-refractivity contribution in [2.24, 2.45) is 11.7 Å². The van der Waals surface area contributed by atoms with E-state index in [1.165, 1.54) is 4.90 Å². The Hall–Kier alpha value is -2.57. The molecule has 0 radical (unpaired) electrons. The molecule has 1 unspecified atom stereocenters. The second kappa shape index (κ2) is 8.33. The SMILES string of the molecule is COc1ccc(CC(=O)OCC(=O)N2CCCC(C(N)=O)C2)cc1. The summed E-state index contributed by atoms with van der Waals surface area (Å²) in [5.41, 5.74) is 6.06. The number of hydrogen-bond acceptors (Lipinski definition) is 5. The number of primary amides is 1. The van der Waals surface area contributed by atoms with Gasteiger partial charge in [-0.2, -0.15) is 0 Å². The van der Waals surface area contributed by atoms with Crippen LogP contribution in [0, 0.1) is 5.92 Å². The monoisotopic (exact) mass is 334 g/mol. The molecular weight excluding hydrogens is 312 g/mol. The summed E-state index contributed by atoms with van der Waals surface area (Å²) in [6, 6.07) is 7.05. The molecule has 1 aromatic rings. The average Bonchev–Trinajstić information content (AvgIpc) is 2.60. The van der Waals surface area contributed by atoms with Gasteiger partial charge in [0.1, 0.15) is 5.75 Å². The van der Waals surface area contributed by atoms with Crippen molar-refractivity contribution in [2.45, 2.75) is 19.3 Å². The predicted octanol–water partition coefficient (Wildman–Crippen LogP) is 0.505. The van der Waals surface area contributed by atoms with Gasteiger partial charge in [-0.25, -0.2) is 0 Å². The lowest BCUT2D eigenvalue weighted by atomic mass is 9.97. The molecule has 1 aliphatic heterocycles. The van der Waals surface area contributed by atoms with Crippen molar-refractivity contribution in [3.8, 4) is 5.75 Å². The van der Waals surface area contributed by atoms with E-state index in [1.807, 2.05) is 0 Å². The van der Waals surface area contributed by atoms with Gasteiger partial charge in [-0.05, 0) is 30.5 Å². The third kappa shape index (κ3) is 4.97. The lowest BCUT2D eigenvalue weighted by Gasteiger charge is -2.31. The van der Waals surface area contributed by atoms with Gasteiger partial charge in [0.05, 0.1) is 19.4 Å². The summed E-state index contributed by atoms with van der Waals surface area (Å²) in [6.07, 6.45) is 1.50. The lowest BCUT2D eigenvalue weighted by Crippen LogP contribution is -2.45. The zero-order chi connectivity index (χ0) is 17.5. The van der Waals surface area contributed by atoms with Crippen molar-refractivity contribution < 1.29 is 23.9 Å². The van der Waals surface area contributed by atoms with Crippen LogP contribution in [0.25, 0.3) is 0 Å². The number of ether oxygens (including phenoxy) is 2. The van der Waals surface area contributed by atoms with E-state index in [-0.39, 0.29) is 24.9 Å². The fourth-order valence-corrected chi connectivity index (χ4v) is 2.63. The van der Waals surface area contributed by atoms with Gasteiger partial charge in [-0.15, -0.1) is 0 Å². The number of carbonyl (C=O) groups excluding carboxylic acids is 3. The quantitative estimate of drug-likeness (QED) is 0.764. The smallest absolute Gasteiger partial charge is 0.310 e. The molecule has 2 rings (SSSR count). The molecule has 24 heavy (non-hydrogen) atoms. The van der Waals surface area contributed by atoms with Crippen molar-refractivity contribution in [1.82, 2.24) is 4.90 Å². The molecule has 1 aliphatic rings. The third-order valence-electron chi connectivity index (χ3n) is 4.04. The van der Waals surface area contributed by atoms with Gasteiger partial charge in [-0.1, -0.05) is 12.1 Å². The number of likely N-dealkylation sites (tertiary alicyclic amines) is 1. The number of piperidine rings is 1. The number of nitrogens with two attached hydrogens (primary N) is 1. The first-order chi connectivity index (χ1) is 11.5. The highest BCUT2D eigenvalue weighted by atomic mass is 16.5. The summed E-state index contributed by atoms with van der Waals surface area (Å²) in [5.74, 6) is -0.792. The number of rotatable bonds is 6. The van der Waals surface area contributed by atoms with Crippen molar-refractivity contribution in [3.05, 3.63) is 29.8 Å². The molecule has 7 nitrogen and oxygen atoms in total. The minimum atomic E-state index is -0.475. The molecule has 1 aromatic carbocycles. The van der Waals surface area contributed by atoms with E-state index in [0.29, 0.717) is 25.3 Å². The number of carbonyl (C=O) groups is 3. The molecular formula is C17H22N2O5. The van der Waals surface area contributed by atoms with Gasteiger partial charge in [0, 0.05) is 13.1 Å². The maximum absolute atomic E-state index is 12.1. The Morgan fingerprint density at radius 1 is 1.25 bits per heavy atom. The largest absolute Gasteiger partial charge is 0.497 e. The Bertz CT molecular complexity index is 600. The molecule has 0 bridgehead atoms. The Labute approximate surface area is 140 Å². The van der Waals surface area contributed by atoms with Gasteiger partial charge in [0.15, 0.2) is 6.61 Å². The van der Waals surface area contributed by atoms with Crippen LogP contribution in [0.15, 0.2) is 24.3 Å². The van der Waals surface area contributed by atoms with Crippen molar-refractivity contribution in [2.75, 3.05) is 26.8 Å². The number of hydrogen-bond donors (Lipinski definition) is 1. The van der Waals surface area contributed by atoms with Gasteiger partial charge in [0.25, 0.3) is 5.91 Å². The van der Waals surface area contributed by atoms with Crippen LogP contribution in [-0.4, -0.2) is 49.5 Å². The molecule has 7 heteroatoms. The normalized spacial score (nSPS) is 17.2. The minimum absolute atomic E-state index is 0.0845. The Kier molecular flexibility index (Phi) is 6.17. The van der Waals surface area contributed by atoms with E-state index in [9.17, 15) is 14.4 Å². The molecule has 0 spiro atoms. The molecule has 1 fully saturated rings. The highest BCUT2D eigenvalue weighted by Gasteiger charge is 2.27. The highest BCUT2D eigenvalue weighted by Crippen LogP contribution is 2.16. The molecule has 1 atom stereocenters. The Morgan fingerprint density at radius 2 is 1.96 bits per heavy atom. The Morgan fingerprint density at radius 3 is 2.58 bits per heavy atom. The van der Waals surface area contributed by atoms with Crippen LogP contribution in [0.3, 0.4) is 0 Å². The second-order valence-electron chi connectivity index (χ2n) is 5.77. The molecule has 2 amide bonds. The van der Waals surface area contributed by atoms with Gasteiger partial charge < -0.3 is 20.1 Å². The first-order valence-corrected chi connectivity index (χ1v) is 7.85. The summed E-state index contributed by atoms with van der Waals surface area (Å²) in [4.78, 5) is 36.7. The fraction of sp³-hybridized carbons (Fsp3) is 0.471. The van der Waals surface area contributed by atoms with Crippen molar-refractivity contribution >= 4 is 17.8 Å². The summed E-state index contributed by atoms with van der Waals surface area (Å²) < 4.78 is 10.1. The van der Waals surface area contributed by atoms with E-state index in [0.717, 1.165) is 12.0 Å². The fourth-order valence-electron chi connectivity index (χ4n) is 2.63. The van der Waals surface area contributed by atoms with Crippen LogP contribution in [0.1, 0.15) is 18.4 Å². The second-order valence-corrected chi connectivity index (χ2v) is 5.77. The summed E-state index contributed by atoms with van der Waals surface area (Å²) in [7, 11) is 1.57. The molecule has 130 valence electrons. The van der Waals surface area contributed by atoms with Crippen LogP contribution in [0.2, 0.25) is 0 Å². The van der Waals surface area contributed by atoms with Crippen molar-refractivity contribution in [3.63, 3.8) is 0 Å². The van der Waals surface area contributed by atoms with E-state index in [4.69, 9.17) is 15.2 Å². The molecule has 0 aliphatic carbocycles. The molecule has 1 saturated heterocycles. The first-order valence-electron chi connectivity index (χ1n) is 7.85. The van der Waals surface area contributed by atoms with Crippen LogP contribution >= 0.6 is 0 Å². The first kappa shape index (κ1) is 17.8. The predicted molar refractivity (Wildman–Crippen MR) is 86.2 cm³/mol. The average molecular weight is 334 g/mol. The third-order valence-corrected chi connectivity index (χ3v) is 4.04. The topological polar surface area (TPSA) is 98.9 Å². The van der Waals surface area contributed by atoms with E-state index in [2.05, 4.69) is 0 Å². The maximum Gasteiger partial charge on any atom is 0.310 e. The van der Waals surface area contributed by atoms with E-state index < -0.39 is 11.9 Å². The molecule has 2 N–H and O–H groups in total. The summed E-state index contributed by atoms with van der Waals surface area (Å²) in [5, 5.41) is 0. The number of esters is 1. The number of methoxy groups -OCH3 is 1. The number of benzene rings is 1. The van der Waals surface area contributed by atoms with Crippen molar-refractivity contribution in [1.29, 1.82) is 0 Å². The minimum Gasteiger partial charge on any atom is -0.497 e. The zero-order valence-corrected chi connectivity index (χ0v) is 13.7. The molecule has 0 aromatic heterocycles. The van der Waals surface area contributed by atoms with E-state index >= 15 is 0 Å². The molecule has 0 saturated carbocycles. The van der Waals surface area contributed by atoms with Crippen LogP contribution in [0.4, 0.5) is 0 Å². The number of nitrogens with zero attached hydrogens (tertiary/aromatic N) is 1. The maximum atomic E-state index is 12.1. The van der Waals surface area contributed by atoms with Crippen LogP contribution in [-0.2, 0) is 25.5 Å². The summed E-state index contributed by atoms with van der Waals surface area (Å²) >= 11 is 0. The lowest BCUT2D eigenvalue weighted by molar-refractivity contribution is -0.152. The zero-order valence-electron chi connectivity index (χ0n) is 13.7. The standard InChI is InChI=1S/C17H22N2O5/c1-23-14-6-4-12(5-7-14)9-16(21)24-11-15(20)19-8-2-3-13(10-19)17(18)22/h4-7,13H,2-3,8-11H2,1H3,(H2,18,22). The van der Waals surface area contributed by atoms with Crippen LogP contribution in [0.5, 0.6) is 5.75 Å². The Balaban J connectivity index is 1.78. The highest BCUT2D eigenvalue weighted by molar-refractivity contribution is 5.83. The van der Waals surface area contributed by atoms with Gasteiger partial charge in [0.2, 0.25) is 5.91 Å². The van der Waals surface area contributed by atoms with Gasteiger partial charge in [-0.3, -0.25) is 14.4 Å². The summed E-state index contributed by atoms with van der Waals surface area (Å²) in [6.45, 7) is 0.531. The van der Waals surface area contributed by atoms with Crippen LogP contribution < -0.4 is 10.5 Å². The molecule has 1 heterocycles. The van der Waals surface area contributed by atoms with Gasteiger partial charge >= 0.3 is 5.97 Å². The van der Waals surface area contributed by atoms with E-state index in [1.54, 1.807) is 31.4 Å². The number of amides is 2.